The normalized spacial score (nSPS) is 12.3. The van der Waals surface area contributed by atoms with E-state index < -0.39 is 0 Å². The van der Waals surface area contributed by atoms with Crippen LogP contribution in [0.25, 0.3) is 308 Å². The Labute approximate surface area is 774 Å². The molecule has 0 saturated heterocycles. The Morgan fingerprint density at radius 1 is 0.154 bits per heavy atom. The first-order valence-corrected chi connectivity index (χ1v) is 46.2. The predicted molar refractivity (Wildman–Crippen MR) is 565 cm³/mol. The summed E-state index contributed by atoms with van der Waals surface area (Å²) in [5.74, 6) is 3.33. The molecule has 24 aromatic carbocycles. The van der Waals surface area contributed by atoms with Crippen LogP contribution >= 0.6 is 0 Å². The molecule has 0 N–H and O–H groups in total. The third-order valence-corrected chi connectivity index (χ3v) is 28.7. The fourth-order valence-electron chi connectivity index (χ4n) is 22.1. The van der Waals surface area contributed by atoms with Crippen LogP contribution in [-0.4, -0.2) is 39.0 Å². The number of para-hydroxylation sites is 2. The summed E-state index contributed by atoms with van der Waals surface area (Å²) >= 11 is 0. The fourth-order valence-corrected chi connectivity index (χ4v) is 22.1. The van der Waals surface area contributed by atoms with Crippen molar-refractivity contribution in [2.75, 3.05) is 0 Å². The molecule has 0 radical (unpaired) electrons. The molecule has 0 aliphatic carbocycles. The van der Waals surface area contributed by atoms with Crippen LogP contribution < -0.4 is 0 Å². The molecule has 30 aromatic rings. The molecule has 0 saturated carbocycles. The lowest BCUT2D eigenvalue weighted by atomic mass is 9.96. The second-order valence-corrected chi connectivity index (χ2v) is 36.4. The Morgan fingerprint density at radius 2 is 0.449 bits per heavy atom. The molecule has 6 heterocycles. The van der Waals surface area contributed by atoms with Crippen LogP contribution in [0.4, 0.5) is 0 Å². The lowest BCUT2D eigenvalue weighted by Gasteiger charge is -2.13. The van der Waals surface area contributed by atoms with Gasteiger partial charge in [0.15, 0.2) is 34.9 Å². The second-order valence-electron chi connectivity index (χ2n) is 36.4. The van der Waals surface area contributed by atoms with E-state index in [4.69, 9.17) is 38.7 Å². The van der Waals surface area contributed by atoms with Crippen LogP contribution in [0.5, 0.6) is 0 Å². The average molecular weight is 1730 g/mol. The number of benzene rings is 24. The summed E-state index contributed by atoms with van der Waals surface area (Å²) < 4.78 is 19.2. The van der Waals surface area contributed by atoms with E-state index in [9.17, 15) is 0 Å². The van der Waals surface area contributed by atoms with E-state index in [0.29, 0.717) is 46.1 Å². The summed E-state index contributed by atoms with van der Waals surface area (Å²) in [4.78, 5) is 32.7. The van der Waals surface area contributed by atoms with Crippen molar-refractivity contribution in [2.45, 2.75) is 0 Å². The first-order chi connectivity index (χ1) is 67.3. The number of hydrogen-bond acceptors (Lipinski definition) is 8. The largest absolute Gasteiger partial charge is 0.455 e. The summed E-state index contributed by atoms with van der Waals surface area (Å²) in [6.07, 6.45) is 0. The van der Waals surface area contributed by atoms with E-state index >= 15 is 0 Å². The fraction of sp³-hybridized carbons (Fsp3) is 0. The Balaban J connectivity index is 0.560. The van der Waals surface area contributed by atoms with E-state index in [2.05, 4.69) is 422 Å². The van der Waals surface area contributed by atoms with Crippen LogP contribution in [0.2, 0.25) is 0 Å². The molecule has 0 spiro atoms. The highest BCUT2D eigenvalue weighted by molar-refractivity contribution is 6.26. The minimum absolute atomic E-state index is 0.516. The van der Waals surface area contributed by atoms with Gasteiger partial charge in [-0.2, -0.15) is 0 Å². The van der Waals surface area contributed by atoms with Crippen LogP contribution in [0, 0.1) is 0 Å². The molecule has 0 aliphatic rings. The van der Waals surface area contributed by atoms with Gasteiger partial charge in [0.1, 0.15) is 22.3 Å². The molecule has 0 fully saturated rings. The van der Waals surface area contributed by atoms with Crippen LogP contribution in [0.3, 0.4) is 0 Å². The van der Waals surface area contributed by atoms with Crippen molar-refractivity contribution in [2.24, 2.45) is 0 Å². The molecular formula is C126H70N8O2. The molecule has 0 amide bonds. The van der Waals surface area contributed by atoms with Gasteiger partial charge in [0.05, 0.1) is 33.2 Å². The van der Waals surface area contributed by atoms with E-state index in [-0.39, 0.29) is 0 Å². The highest BCUT2D eigenvalue weighted by atomic mass is 16.3. The van der Waals surface area contributed by atoms with Crippen molar-refractivity contribution in [3.8, 4) is 90.8 Å². The molecule has 626 valence electrons. The van der Waals surface area contributed by atoms with Gasteiger partial charge in [-0.05, 0) is 274 Å². The van der Waals surface area contributed by atoms with E-state index in [1.807, 2.05) is 12.1 Å². The van der Waals surface area contributed by atoms with E-state index in [1.54, 1.807) is 0 Å². The van der Waals surface area contributed by atoms with Gasteiger partial charge in [0.2, 0.25) is 0 Å². The smallest absolute Gasteiger partial charge is 0.167 e. The second kappa shape index (κ2) is 28.6. The minimum atomic E-state index is 0.516. The third-order valence-electron chi connectivity index (χ3n) is 28.7. The van der Waals surface area contributed by atoms with Crippen molar-refractivity contribution in [3.05, 3.63) is 425 Å². The number of fused-ring (bicyclic) bond motifs is 28. The topological polar surface area (TPSA) is 113 Å². The summed E-state index contributed by atoms with van der Waals surface area (Å²) in [6.45, 7) is 0. The van der Waals surface area contributed by atoms with Crippen molar-refractivity contribution in [1.29, 1.82) is 0 Å². The number of hydrogen-bond donors (Lipinski definition) is 0. The SMILES string of the molecule is c1ccc2cc(-c3nc(-c4ccc5c(ccc6ccccc65)c4)nc(-c4cc5cc(-n6c7cc8ccccc8cc7c7cc8ccc(-c9ccc%10cc%11c(cc%10c9)c9cc%10ccccc%10cc9n%11-c9ccc%10cc(-c%11nc(-c%12ccc%13ccccc%13c%12)nc(-c%12ccc%13ccc%14ccccc%14c%13c%12)n%11)c%11oc%12ccccc%12c%11c%10c9)cc8cc76)ccc5c5c4oc4ccccc45)n3)ccc2c1. The van der Waals surface area contributed by atoms with E-state index in [0.717, 1.165) is 197 Å². The monoisotopic (exact) mass is 1730 g/mol. The van der Waals surface area contributed by atoms with Crippen molar-refractivity contribution in [3.63, 3.8) is 0 Å². The van der Waals surface area contributed by atoms with Gasteiger partial charge >= 0.3 is 0 Å². The van der Waals surface area contributed by atoms with Gasteiger partial charge in [-0.15, -0.1) is 0 Å². The molecule has 0 bridgehead atoms. The Hall–Kier alpha value is -18.4. The zero-order valence-electron chi connectivity index (χ0n) is 72.8. The van der Waals surface area contributed by atoms with Gasteiger partial charge in [-0.1, -0.05) is 291 Å². The maximum absolute atomic E-state index is 7.16. The maximum atomic E-state index is 7.16. The lowest BCUT2D eigenvalue weighted by Crippen LogP contribution is -2.01. The molecule has 10 heteroatoms. The quantitative estimate of drug-likeness (QED) is 0.131. The lowest BCUT2D eigenvalue weighted by molar-refractivity contribution is 0.669. The van der Waals surface area contributed by atoms with Crippen molar-refractivity contribution >= 4 is 217 Å². The summed E-state index contributed by atoms with van der Waals surface area (Å²) in [6, 6.07) is 154. The minimum Gasteiger partial charge on any atom is -0.455 e. The molecule has 0 aliphatic heterocycles. The van der Waals surface area contributed by atoms with Crippen LogP contribution in [-0.2, 0) is 0 Å². The zero-order valence-corrected chi connectivity index (χ0v) is 72.8. The van der Waals surface area contributed by atoms with Gasteiger partial charge in [0.25, 0.3) is 0 Å². The van der Waals surface area contributed by atoms with Gasteiger partial charge in [-0.3, -0.25) is 0 Å². The molecule has 10 nitrogen and oxygen atoms in total. The summed E-state index contributed by atoms with van der Waals surface area (Å²) in [5.41, 5.74) is 16.9. The van der Waals surface area contributed by atoms with Gasteiger partial charge < -0.3 is 18.0 Å². The van der Waals surface area contributed by atoms with E-state index in [1.165, 1.54) is 64.6 Å². The number of furan rings is 2. The molecule has 136 heavy (non-hydrogen) atoms. The molecule has 30 rings (SSSR count). The van der Waals surface area contributed by atoms with Gasteiger partial charge in [0, 0.05) is 76.7 Å². The van der Waals surface area contributed by atoms with Crippen LogP contribution in [0.15, 0.2) is 433 Å². The predicted octanol–water partition coefficient (Wildman–Crippen LogP) is 33.6. The number of rotatable bonds is 9. The molecule has 0 unspecified atom stereocenters. The van der Waals surface area contributed by atoms with Crippen molar-refractivity contribution < 1.29 is 8.83 Å². The molecular weight excluding hydrogens is 1660 g/mol. The zero-order chi connectivity index (χ0) is 88.6. The third kappa shape index (κ3) is 11.5. The average Bonchev–Trinajstić information content (AvgIpc) is 1.53. The first kappa shape index (κ1) is 74.4. The highest BCUT2D eigenvalue weighted by Crippen LogP contribution is 2.49. The van der Waals surface area contributed by atoms with Gasteiger partial charge in [-0.25, -0.2) is 29.9 Å². The van der Waals surface area contributed by atoms with Crippen molar-refractivity contribution in [1.82, 2.24) is 39.0 Å². The molecule has 6 aromatic heterocycles. The maximum Gasteiger partial charge on any atom is 0.167 e. The standard InChI is InChI=1S/C126H70N8O2/c1-3-21-76-53-88(44-33-71(76)17-1)121-127-123(90-48-51-99-86(57-90)43-37-73-19-9-11-27-97(73)99)131-126(130-121)110-65-94-58-95(50-52-100(94)117-101-29-13-15-31-115(101)135-119(110)117)133-111-66-80-25-7-5-23-78(80)59-105(111)107-61-84-41-39-83(56-93(84)69-114(107)133)82-40-42-85-68-113-108(64-92(85)55-82)106-60-79-24-6-8-26-81(79)67-112(106)134(113)96-49-47-87-62-109(120-118(104(87)70-96)102-30-14-16-32-116(102)136-120)125-129-122(89-45-34-72-18-2-4-22-77(72)54-89)128-124(132-125)91-46-38-75-36-35-74-20-10-12-28-98(74)103(75)63-91/h1-70H. The Kier molecular flexibility index (Phi) is 15.6. The number of aromatic nitrogens is 8. The first-order valence-electron chi connectivity index (χ1n) is 46.2. The molecule has 0 atom stereocenters. The Morgan fingerprint density at radius 3 is 0.978 bits per heavy atom. The summed E-state index contributed by atoms with van der Waals surface area (Å²) in [5, 5.41) is 35.9. The Bertz CT molecular complexity index is 10600. The van der Waals surface area contributed by atoms with Crippen LogP contribution in [0.1, 0.15) is 0 Å². The highest BCUT2D eigenvalue weighted by Gasteiger charge is 2.28. The summed E-state index contributed by atoms with van der Waals surface area (Å²) in [7, 11) is 0. The number of nitrogens with zero attached hydrogens (tertiary/aromatic N) is 8.